The van der Waals surface area contributed by atoms with Crippen LogP contribution in [0.5, 0.6) is 0 Å². The van der Waals surface area contributed by atoms with Crippen LogP contribution in [0.15, 0.2) is 18.5 Å². The van der Waals surface area contributed by atoms with Gasteiger partial charge in [-0.3, -0.25) is 0 Å². The topological polar surface area (TPSA) is 17.3 Å². The van der Waals surface area contributed by atoms with Crippen molar-refractivity contribution < 1.29 is 13.2 Å². The molecule has 0 saturated heterocycles. The molecule has 0 aliphatic carbocycles. The van der Waals surface area contributed by atoms with Crippen molar-refractivity contribution in [2.24, 2.45) is 0 Å². The van der Waals surface area contributed by atoms with Gasteiger partial charge in [-0.15, -0.1) is 0 Å². The number of fused-ring (bicyclic) bond motifs is 1. The summed E-state index contributed by atoms with van der Waals surface area (Å²) in [5.41, 5.74) is 0.289. The molecule has 0 saturated carbocycles. The standard InChI is InChI=1S/C11H10ClF3N2/c1-6(2)9-5-17-4-7(11(13,14)15)3-8(12)10(17)16-9/h3-6H,1-2H3. The van der Waals surface area contributed by atoms with Crippen LogP contribution in [0.25, 0.3) is 5.65 Å². The normalized spacial score (nSPS) is 12.6. The Hall–Kier alpha value is -1.23. The number of alkyl halides is 3. The molecule has 92 valence electrons. The van der Waals surface area contributed by atoms with Gasteiger partial charge in [0, 0.05) is 12.4 Å². The number of hydrogen-bond acceptors (Lipinski definition) is 1. The monoisotopic (exact) mass is 262 g/mol. The molecule has 0 spiro atoms. The molecule has 0 aliphatic rings. The van der Waals surface area contributed by atoms with E-state index in [2.05, 4.69) is 4.98 Å². The Kier molecular flexibility index (Phi) is 2.81. The molecule has 0 amide bonds. The van der Waals surface area contributed by atoms with Gasteiger partial charge >= 0.3 is 6.18 Å². The predicted molar refractivity (Wildman–Crippen MR) is 59.3 cm³/mol. The second-order valence-corrected chi connectivity index (χ2v) is 4.53. The SMILES string of the molecule is CC(C)c1cn2cc(C(F)(F)F)cc(Cl)c2n1. The van der Waals surface area contributed by atoms with Crippen molar-refractivity contribution in [3.63, 3.8) is 0 Å². The first-order valence-electron chi connectivity index (χ1n) is 5.04. The molecule has 0 N–H and O–H groups in total. The number of hydrogen-bond donors (Lipinski definition) is 0. The summed E-state index contributed by atoms with van der Waals surface area (Å²) in [7, 11) is 0. The van der Waals surface area contributed by atoms with Crippen molar-refractivity contribution in [2.45, 2.75) is 25.9 Å². The van der Waals surface area contributed by atoms with E-state index in [0.29, 0.717) is 11.3 Å². The van der Waals surface area contributed by atoms with Crippen molar-refractivity contribution in [1.29, 1.82) is 0 Å². The van der Waals surface area contributed by atoms with Gasteiger partial charge in [0.05, 0.1) is 16.3 Å². The van der Waals surface area contributed by atoms with Crippen LogP contribution in [0, 0.1) is 0 Å². The average molecular weight is 263 g/mol. The molecule has 0 aliphatic heterocycles. The largest absolute Gasteiger partial charge is 0.417 e. The van der Waals surface area contributed by atoms with E-state index in [9.17, 15) is 13.2 Å². The fourth-order valence-corrected chi connectivity index (χ4v) is 1.77. The highest BCUT2D eigenvalue weighted by atomic mass is 35.5. The summed E-state index contributed by atoms with van der Waals surface area (Å²) in [5.74, 6) is 0.139. The third-order valence-corrected chi connectivity index (χ3v) is 2.72. The van der Waals surface area contributed by atoms with E-state index in [1.807, 2.05) is 13.8 Å². The highest BCUT2D eigenvalue weighted by molar-refractivity contribution is 6.33. The second-order valence-electron chi connectivity index (χ2n) is 4.13. The highest BCUT2D eigenvalue weighted by Crippen LogP contribution is 2.32. The number of aromatic nitrogens is 2. The molecule has 0 bridgehead atoms. The van der Waals surface area contributed by atoms with E-state index < -0.39 is 11.7 Å². The molecule has 6 heteroatoms. The van der Waals surface area contributed by atoms with Gasteiger partial charge in [-0.05, 0) is 12.0 Å². The minimum Gasteiger partial charge on any atom is -0.305 e. The van der Waals surface area contributed by atoms with Crippen molar-refractivity contribution in [3.05, 3.63) is 34.7 Å². The zero-order valence-corrected chi connectivity index (χ0v) is 9.97. The summed E-state index contributed by atoms with van der Waals surface area (Å²) in [6.07, 6.45) is -1.83. The van der Waals surface area contributed by atoms with Crippen LogP contribution >= 0.6 is 11.6 Å². The van der Waals surface area contributed by atoms with Gasteiger partial charge in [0.25, 0.3) is 0 Å². The quantitative estimate of drug-likeness (QED) is 0.755. The number of rotatable bonds is 1. The fourth-order valence-electron chi connectivity index (χ4n) is 1.51. The van der Waals surface area contributed by atoms with Crippen LogP contribution in [0.2, 0.25) is 5.02 Å². The van der Waals surface area contributed by atoms with Crippen LogP contribution in [-0.2, 0) is 6.18 Å². The van der Waals surface area contributed by atoms with E-state index >= 15 is 0 Å². The molecular weight excluding hydrogens is 253 g/mol. The minimum absolute atomic E-state index is 0.00623. The molecule has 2 rings (SSSR count). The first-order chi connectivity index (χ1) is 7.79. The molecule has 0 fully saturated rings. The third kappa shape index (κ3) is 2.24. The van der Waals surface area contributed by atoms with Gasteiger partial charge in [-0.2, -0.15) is 13.2 Å². The zero-order valence-electron chi connectivity index (χ0n) is 9.22. The Morgan fingerprint density at radius 1 is 1.29 bits per heavy atom. The first kappa shape index (κ1) is 12.2. The fraction of sp³-hybridized carbons (Fsp3) is 0.364. The van der Waals surface area contributed by atoms with Gasteiger partial charge in [0.2, 0.25) is 0 Å². The maximum absolute atomic E-state index is 12.6. The molecule has 2 aromatic rings. The first-order valence-corrected chi connectivity index (χ1v) is 5.42. The Bertz CT molecular complexity index is 558. The van der Waals surface area contributed by atoms with E-state index in [1.165, 1.54) is 4.40 Å². The smallest absolute Gasteiger partial charge is 0.305 e. The molecule has 0 atom stereocenters. The zero-order chi connectivity index (χ0) is 12.8. The molecular formula is C11H10ClF3N2. The van der Waals surface area contributed by atoms with Gasteiger partial charge in [-0.25, -0.2) is 4.98 Å². The molecule has 2 nitrogen and oxygen atoms in total. The summed E-state index contributed by atoms with van der Waals surface area (Å²) in [6.45, 7) is 3.83. The lowest BCUT2D eigenvalue weighted by atomic mass is 10.2. The third-order valence-electron chi connectivity index (χ3n) is 2.44. The number of pyridine rings is 1. The number of halogens is 4. The average Bonchev–Trinajstić information content (AvgIpc) is 2.60. The Balaban J connectivity index is 2.65. The molecule has 0 radical (unpaired) electrons. The molecule has 2 aromatic heterocycles. The number of imidazole rings is 1. The Labute approximate surface area is 101 Å². The maximum atomic E-state index is 12.6. The second kappa shape index (κ2) is 3.91. The summed E-state index contributed by atoms with van der Waals surface area (Å²) >= 11 is 5.80. The molecule has 0 unspecified atom stereocenters. The minimum atomic E-state index is -4.40. The van der Waals surface area contributed by atoms with Crippen molar-refractivity contribution in [3.8, 4) is 0 Å². The van der Waals surface area contributed by atoms with Crippen LogP contribution in [0.4, 0.5) is 13.2 Å². The summed E-state index contributed by atoms with van der Waals surface area (Å²) < 4.78 is 39.0. The van der Waals surface area contributed by atoms with Crippen LogP contribution in [0.1, 0.15) is 31.0 Å². The lowest BCUT2D eigenvalue weighted by Crippen LogP contribution is -2.06. The van der Waals surface area contributed by atoms with E-state index in [1.54, 1.807) is 6.20 Å². The van der Waals surface area contributed by atoms with Crippen molar-refractivity contribution in [1.82, 2.24) is 9.38 Å². The highest BCUT2D eigenvalue weighted by Gasteiger charge is 2.31. The van der Waals surface area contributed by atoms with Gasteiger partial charge in [0.15, 0.2) is 5.65 Å². The van der Waals surface area contributed by atoms with Crippen LogP contribution in [-0.4, -0.2) is 9.38 Å². The predicted octanol–water partition coefficient (Wildman–Crippen LogP) is 4.13. The van der Waals surface area contributed by atoms with E-state index in [-0.39, 0.29) is 10.9 Å². The van der Waals surface area contributed by atoms with Crippen LogP contribution in [0.3, 0.4) is 0 Å². The summed E-state index contributed by atoms with van der Waals surface area (Å²) in [6, 6.07) is 0.897. The lowest BCUT2D eigenvalue weighted by Gasteiger charge is -2.07. The Morgan fingerprint density at radius 2 is 1.94 bits per heavy atom. The lowest BCUT2D eigenvalue weighted by molar-refractivity contribution is -0.137. The maximum Gasteiger partial charge on any atom is 0.417 e. The van der Waals surface area contributed by atoms with Gasteiger partial charge in [0.1, 0.15) is 0 Å². The Morgan fingerprint density at radius 3 is 2.47 bits per heavy atom. The molecule has 2 heterocycles. The van der Waals surface area contributed by atoms with E-state index in [4.69, 9.17) is 11.6 Å². The summed E-state index contributed by atoms with van der Waals surface area (Å²) in [4.78, 5) is 4.20. The summed E-state index contributed by atoms with van der Waals surface area (Å²) in [5, 5.41) is 0.00623. The number of nitrogens with zero attached hydrogens (tertiary/aromatic N) is 2. The van der Waals surface area contributed by atoms with Crippen molar-refractivity contribution in [2.75, 3.05) is 0 Å². The van der Waals surface area contributed by atoms with Crippen molar-refractivity contribution >= 4 is 17.2 Å². The van der Waals surface area contributed by atoms with Gasteiger partial charge < -0.3 is 4.40 Å². The molecule has 0 aromatic carbocycles. The van der Waals surface area contributed by atoms with Crippen LogP contribution < -0.4 is 0 Å². The molecule has 17 heavy (non-hydrogen) atoms. The van der Waals surface area contributed by atoms with Gasteiger partial charge in [-0.1, -0.05) is 25.4 Å². The van der Waals surface area contributed by atoms with E-state index in [0.717, 1.165) is 12.3 Å².